The summed E-state index contributed by atoms with van der Waals surface area (Å²) in [5.41, 5.74) is 8.19. The molecule has 104 valence electrons. The Morgan fingerprint density at radius 2 is 1.95 bits per heavy atom. The maximum absolute atomic E-state index is 12.3. The lowest BCUT2D eigenvalue weighted by molar-refractivity contribution is 0.0979. The van der Waals surface area contributed by atoms with E-state index in [4.69, 9.17) is 10.5 Å². The van der Waals surface area contributed by atoms with E-state index >= 15 is 0 Å². The molecule has 2 aromatic carbocycles. The molecule has 0 unspecified atom stereocenters. The van der Waals surface area contributed by atoms with Gasteiger partial charge in [0.25, 0.3) is 0 Å². The van der Waals surface area contributed by atoms with E-state index in [-0.39, 0.29) is 5.78 Å². The first kappa shape index (κ1) is 14.1. The average molecular weight is 269 g/mol. The fourth-order valence-electron chi connectivity index (χ4n) is 2.12. The Hall–Kier alpha value is -2.29. The molecular formula is C17H19NO2. The average Bonchev–Trinajstić information content (AvgIpc) is 2.46. The number of benzene rings is 2. The van der Waals surface area contributed by atoms with Crippen molar-refractivity contribution in [3.63, 3.8) is 0 Å². The van der Waals surface area contributed by atoms with Gasteiger partial charge in [-0.15, -0.1) is 0 Å². The topological polar surface area (TPSA) is 52.3 Å². The summed E-state index contributed by atoms with van der Waals surface area (Å²) in [5.74, 6) is 0.754. The van der Waals surface area contributed by atoms with E-state index in [1.54, 1.807) is 0 Å². The van der Waals surface area contributed by atoms with E-state index in [0.29, 0.717) is 30.8 Å². The second kappa shape index (κ2) is 6.75. The molecule has 0 heterocycles. The van der Waals surface area contributed by atoms with Crippen LogP contribution in [0.15, 0.2) is 48.5 Å². The molecule has 0 aliphatic carbocycles. The van der Waals surface area contributed by atoms with Crippen LogP contribution >= 0.6 is 0 Å². The second-order valence-corrected chi connectivity index (χ2v) is 4.60. The molecule has 2 rings (SSSR count). The molecule has 3 heteroatoms. The maximum atomic E-state index is 12.3. The number of nitrogen functional groups attached to an aromatic ring is 1. The number of rotatable bonds is 6. The minimum absolute atomic E-state index is 0.0940. The van der Waals surface area contributed by atoms with E-state index < -0.39 is 0 Å². The number of hydrogen-bond donors (Lipinski definition) is 1. The van der Waals surface area contributed by atoms with Gasteiger partial charge in [-0.2, -0.15) is 0 Å². The van der Waals surface area contributed by atoms with Crippen LogP contribution in [0.25, 0.3) is 0 Å². The Morgan fingerprint density at radius 1 is 1.15 bits per heavy atom. The summed E-state index contributed by atoms with van der Waals surface area (Å²) in [6.07, 6.45) is 1.14. The highest BCUT2D eigenvalue weighted by molar-refractivity contribution is 5.98. The van der Waals surface area contributed by atoms with Crippen LogP contribution in [-0.2, 0) is 6.42 Å². The summed E-state index contributed by atoms with van der Waals surface area (Å²) in [7, 11) is 0. The van der Waals surface area contributed by atoms with E-state index in [0.717, 1.165) is 11.3 Å². The summed E-state index contributed by atoms with van der Waals surface area (Å²) in [5, 5.41) is 0. The van der Waals surface area contributed by atoms with Gasteiger partial charge in [-0.3, -0.25) is 4.79 Å². The van der Waals surface area contributed by atoms with Gasteiger partial charge in [-0.05, 0) is 43.2 Å². The minimum atomic E-state index is 0.0940. The van der Waals surface area contributed by atoms with Crippen molar-refractivity contribution in [3.05, 3.63) is 59.7 Å². The van der Waals surface area contributed by atoms with Crippen LogP contribution in [0.3, 0.4) is 0 Å². The predicted octanol–water partition coefficient (Wildman–Crippen LogP) is 3.48. The Kier molecular flexibility index (Phi) is 4.77. The zero-order chi connectivity index (χ0) is 14.4. The smallest absolute Gasteiger partial charge is 0.166 e. The lowest BCUT2D eigenvalue weighted by Crippen LogP contribution is -2.05. The van der Waals surface area contributed by atoms with Gasteiger partial charge < -0.3 is 10.5 Å². The van der Waals surface area contributed by atoms with Crippen molar-refractivity contribution in [1.82, 2.24) is 0 Å². The number of nitrogens with two attached hydrogens (primary N) is 1. The molecule has 0 radical (unpaired) electrons. The van der Waals surface area contributed by atoms with Crippen LogP contribution in [-0.4, -0.2) is 12.4 Å². The summed E-state index contributed by atoms with van der Waals surface area (Å²) < 4.78 is 5.49. The van der Waals surface area contributed by atoms with Crippen LogP contribution in [0, 0.1) is 0 Å². The third-order valence-corrected chi connectivity index (χ3v) is 3.08. The molecule has 0 atom stereocenters. The Morgan fingerprint density at radius 3 is 2.70 bits per heavy atom. The molecule has 0 bridgehead atoms. The van der Waals surface area contributed by atoms with Crippen LogP contribution in [0.1, 0.15) is 29.3 Å². The molecule has 0 fully saturated rings. The van der Waals surface area contributed by atoms with Crippen molar-refractivity contribution >= 4 is 11.5 Å². The Bertz CT molecular complexity index is 593. The van der Waals surface area contributed by atoms with Crippen molar-refractivity contribution in [2.75, 3.05) is 12.3 Å². The number of carbonyl (C=O) groups excluding carboxylic acids is 1. The molecule has 0 aliphatic heterocycles. The fraction of sp³-hybridized carbons (Fsp3) is 0.235. The SMILES string of the molecule is CCOc1ccccc1C(=O)CCc1cccc(N)c1. The van der Waals surface area contributed by atoms with Gasteiger partial charge in [0.05, 0.1) is 12.2 Å². The highest BCUT2D eigenvalue weighted by atomic mass is 16.5. The summed E-state index contributed by atoms with van der Waals surface area (Å²) >= 11 is 0. The largest absolute Gasteiger partial charge is 0.493 e. The van der Waals surface area contributed by atoms with Gasteiger partial charge in [0.1, 0.15) is 5.75 Å². The van der Waals surface area contributed by atoms with E-state index in [1.165, 1.54) is 0 Å². The highest BCUT2D eigenvalue weighted by Gasteiger charge is 2.11. The van der Waals surface area contributed by atoms with Crippen molar-refractivity contribution < 1.29 is 9.53 Å². The lowest BCUT2D eigenvalue weighted by Gasteiger charge is -2.09. The molecule has 0 amide bonds. The molecular weight excluding hydrogens is 250 g/mol. The molecule has 0 saturated heterocycles. The summed E-state index contributed by atoms with van der Waals surface area (Å²) in [6, 6.07) is 15.0. The number of carbonyl (C=O) groups is 1. The maximum Gasteiger partial charge on any atom is 0.166 e. The molecule has 20 heavy (non-hydrogen) atoms. The first-order valence-electron chi connectivity index (χ1n) is 6.80. The number of para-hydroxylation sites is 1. The van der Waals surface area contributed by atoms with Gasteiger partial charge in [-0.25, -0.2) is 0 Å². The molecule has 0 aliphatic rings. The van der Waals surface area contributed by atoms with Gasteiger partial charge in [0, 0.05) is 12.1 Å². The van der Waals surface area contributed by atoms with Crippen molar-refractivity contribution in [3.8, 4) is 5.75 Å². The number of Topliss-reactive ketones (excluding diaryl/α,β-unsaturated/α-hetero) is 1. The van der Waals surface area contributed by atoms with Crippen LogP contribution in [0.2, 0.25) is 0 Å². The van der Waals surface area contributed by atoms with Gasteiger partial charge in [0.2, 0.25) is 0 Å². The van der Waals surface area contributed by atoms with Crippen LogP contribution in [0.4, 0.5) is 5.69 Å². The standard InChI is InChI=1S/C17H19NO2/c1-2-20-17-9-4-3-8-15(17)16(19)11-10-13-6-5-7-14(18)12-13/h3-9,12H,2,10-11,18H2,1H3. The number of ketones is 1. The first-order chi connectivity index (χ1) is 9.70. The number of ether oxygens (including phenoxy) is 1. The number of hydrogen-bond acceptors (Lipinski definition) is 3. The van der Waals surface area contributed by atoms with Gasteiger partial charge in [-0.1, -0.05) is 24.3 Å². The van der Waals surface area contributed by atoms with Gasteiger partial charge >= 0.3 is 0 Å². The Labute approximate surface area is 119 Å². The fourth-order valence-corrected chi connectivity index (χ4v) is 2.12. The number of aryl methyl sites for hydroxylation is 1. The Balaban J connectivity index is 2.05. The van der Waals surface area contributed by atoms with Crippen molar-refractivity contribution in [1.29, 1.82) is 0 Å². The quantitative estimate of drug-likeness (QED) is 0.645. The van der Waals surface area contributed by atoms with Crippen LogP contribution < -0.4 is 10.5 Å². The lowest BCUT2D eigenvalue weighted by atomic mass is 10.0. The minimum Gasteiger partial charge on any atom is -0.493 e. The van der Waals surface area contributed by atoms with Crippen molar-refractivity contribution in [2.24, 2.45) is 0 Å². The van der Waals surface area contributed by atoms with Crippen molar-refractivity contribution in [2.45, 2.75) is 19.8 Å². The summed E-state index contributed by atoms with van der Waals surface area (Å²) in [6.45, 7) is 2.47. The molecule has 2 aromatic rings. The third-order valence-electron chi connectivity index (χ3n) is 3.08. The number of anilines is 1. The second-order valence-electron chi connectivity index (χ2n) is 4.60. The molecule has 2 N–H and O–H groups in total. The van der Waals surface area contributed by atoms with Gasteiger partial charge in [0.15, 0.2) is 5.78 Å². The zero-order valence-electron chi connectivity index (χ0n) is 11.6. The molecule has 0 aromatic heterocycles. The zero-order valence-corrected chi connectivity index (χ0v) is 11.6. The highest BCUT2D eigenvalue weighted by Crippen LogP contribution is 2.20. The molecule has 3 nitrogen and oxygen atoms in total. The predicted molar refractivity (Wildman–Crippen MR) is 81.1 cm³/mol. The normalized spacial score (nSPS) is 10.2. The molecule has 0 saturated carbocycles. The van der Waals surface area contributed by atoms with E-state index in [2.05, 4.69) is 0 Å². The summed E-state index contributed by atoms with van der Waals surface area (Å²) in [4.78, 5) is 12.3. The van der Waals surface area contributed by atoms with E-state index in [1.807, 2.05) is 55.5 Å². The first-order valence-corrected chi connectivity index (χ1v) is 6.80. The van der Waals surface area contributed by atoms with E-state index in [9.17, 15) is 4.79 Å². The third kappa shape index (κ3) is 3.60. The van der Waals surface area contributed by atoms with Crippen LogP contribution in [0.5, 0.6) is 5.75 Å². The molecule has 0 spiro atoms. The monoisotopic (exact) mass is 269 g/mol.